The molecule has 166 valence electrons. The fraction of sp³-hybridized carbons (Fsp3) is 0.0769. The molecule has 0 saturated heterocycles. The summed E-state index contributed by atoms with van der Waals surface area (Å²) in [6, 6.07) is 27.2. The molecule has 1 atom stereocenters. The summed E-state index contributed by atoms with van der Waals surface area (Å²) in [7, 11) is -3.94. The number of amides is 1. The second-order valence-electron chi connectivity index (χ2n) is 7.57. The lowest BCUT2D eigenvalue weighted by Crippen LogP contribution is -2.38. The summed E-state index contributed by atoms with van der Waals surface area (Å²) in [5, 5.41) is 4.40. The van der Waals surface area contributed by atoms with E-state index in [9.17, 15) is 18.0 Å². The topological polar surface area (TPSA) is 92.3 Å². The van der Waals surface area contributed by atoms with Gasteiger partial charge in [-0.25, -0.2) is 8.42 Å². The number of fused-ring (bicyclic) bond motifs is 1. The van der Waals surface area contributed by atoms with Gasteiger partial charge >= 0.3 is 0 Å². The first-order valence-corrected chi connectivity index (χ1v) is 11.9. The van der Waals surface area contributed by atoms with Crippen LogP contribution in [0.5, 0.6) is 0 Å². The van der Waals surface area contributed by atoms with Crippen LogP contribution >= 0.6 is 0 Å². The van der Waals surface area contributed by atoms with Crippen LogP contribution in [-0.4, -0.2) is 26.7 Å². The van der Waals surface area contributed by atoms with Gasteiger partial charge in [0.1, 0.15) is 6.29 Å². The Labute approximate surface area is 192 Å². The zero-order valence-corrected chi connectivity index (χ0v) is 18.5. The molecule has 4 rings (SSSR count). The molecule has 0 bridgehead atoms. The summed E-state index contributed by atoms with van der Waals surface area (Å²) >= 11 is 0. The van der Waals surface area contributed by atoms with E-state index in [0.29, 0.717) is 12.7 Å². The summed E-state index contributed by atoms with van der Waals surface area (Å²) in [5.74, 6) is -0.542. The number of sulfonamides is 1. The first kappa shape index (κ1) is 22.2. The normalized spacial score (nSPS) is 12.1. The van der Waals surface area contributed by atoms with Crippen molar-refractivity contribution < 1.29 is 18.0 Å². The van der Waals surface area contributed by atoms with Gasteiger partial charge in [0.2, 0.25) is 0 Å². The lowest BCUT2D eigenvalue weighted by molar-refractivity contribution is -0.109. The quantitative estimate of drug-likeness (QED) is 0.388. The van der Waals surface area contributed by atoms with Gasteiger partial charge in [0.15, 0.2) is 0 Å². The average Bonchev–Trinajstić information content (AvgIpc) is 2.84. The molecule has 0 aliphatic rings. The van der Waals surface area contributed by atoms with Crippen molar-refractivity contribution in [3.05, 3.63) is 108 Å². The number of rotatable bonds is 8. The van der Waals surface area contributed by atoms with Gasteiger partial charge in [-0.15, -0.1) is 0 Å². The maximum atomic E-state index is 13.0. The zero-order chi connectivity index (χ0) is 23.3. The van der Waals surface area contributed by atoms with E-state index >= 15 is 0 Å². The van der Waals surface area contributed by atoms with E-state index < -0.39 is 22.0 Å². The molecular weight excluding hydrogens is 436 g/mol. The highest BCUT2D eigenvalue weighted by molar-refractivity contribution is 7.92. The average molecular weight is 459 g/mol. The SMILES string of the molecule is O=CC(Cc1ccccc1)NC(=O)c1ccccc1NS(=O)(=O)c1ccc2ccccc2c1. The minimum absolute atomic E-state index is 0.0891. The van der Waals surface area contributed by atoms with E-state index in [2.05, 4.69) is 10.0 Å². The summed E-state index contributed by atoms with van der Waals surface area (Å²) in [6.45, 7) is 0. The largest absolute Gasteiger partial charge is 0.342 e. The Bertz CT molecular complexity index is 1400. The fourth-order valence-electron chi connectivity index (χ4n) is 3.56. The third-order valence-corrected chi connectivity index (χ3v) is 6.59. The molecule has 0 spiro atoms. The van der Waals surface area contributed by atoms with Crippen molar-refractivity contribution in [2.24, 2.45) is 0 Å². The van der Waals surface area contributed by atoms with Crippen LogP contribution in [0, 0.1) is 0 Å². The van der Waals surface area contributed by atoms with E-state index in [1.54, 1.807) is 24.3 Å². The van der Waals surface area contributed by atoms with Crippen molar-refractivity contribution in [2.45, 2.75) is 17.4 Å². The second kappa shape index (κ2) is 9.67. The molecule has 7 heteroatoms. The van der Waals surface area contributed by atoms with Crippen LogP contribution < -0.4 is 10.0 Å². The van der Waals surface area contributed by atoms with Crippen LogP contribution in [0.1, 0.15) is 15.9 Å². The minimum atomic E-state index is -3.94. The number of aldehydes is 1. The van der Waals surface area contributed by atoms with E-state index in [1.165, 1.54) is 18.2 Å². The highest BCUT2D eigenvalue weighted by Crippen LogP contribution is 2.23. The van der Waals surface area contributed by atoms with Gasteiger partial charge in [0.05, 0.1) is 22.2 Å². The predicted octanol–water partition coefficient (Wildman–Crippen LogP) is 4.18. The fourth-order valence-corrected chi connectivity index (χ4v) is 4.67. The second-order valence-corrected chi connectivity index (χ2v) is 9.25. The van der Waals surface area contributed by atoms with Crippen molar-refractivity contribution in [3.63, 3.8) is 0 Å². The number of benzene rings is 4. The Morgan fingerprint density at radius 2 is 1.48 bits per heavy atom. The number of anilines is 1. The van der Waals surface area contributed by atoms with Crippen molar-refractivity contribution in [1.29, 1.82) is 0 Å². The van der Waals surface area contributed by atoms with Crippen LogP contribution in [0.25, 0.3) is 10.8 Å². The maximum Gasteiger partial charge on any atom is 0.261 e. The first-order valence-electron chi connectivity index (χ1n) is 10.4. The summed E-state index contributed by atoms with van der Waals surface area (Å²) in [6.07, 6.45) is 1.01. The molecular formula is C26H22N2O4S. The molecule has 4 aromatic rings. The van der Waals surface area contributed by atoms with Crippen LogP contribution in [0.15, 0.2) is 102 Å². The zero-order valence-electron chi connectivity index (χ0n) is 17.6. The molecule has 1 unspecified atom stereocenters. The highest BCUT2D eigenvalue weighted by Gasteiger charge is 2.21. The Kier molecular flexibility index (Phi) is 6.51. The molecule has 4 aromatic carbocycles. The molecule has 0 aliphatic heterocycles. The minimum Gasteiger partial charge on any atom is -0.342 e. The lowest BCUT2D eigenvalue weighted by atomic mass is 10.1. The molecule has 0 fully saturated rings. The van der Waals surface area contributed by atoms with Crippen LogP contribution in [-0.2, 0) is 21.2 Å². The molecule has 0 aromatic heterocycles. The first-order chi connectivity index (χ1) is 16.0. The van der Waals surface area contributed by atoms with Gasteiger partial charge < -0.3 is 10.1 Å². The number of carbonyl (C=O) groups excluding carboxylic acids is 2. The maximum absolute atomic E-state index is 13.0. The highest BCUT2D eigenvalue weighted by atomic mass is 32.2. The van der Waals surface area contributed by atoms with Gasteiger partial charge in [0, 0.05) is 0 Å². The molecule has 0 aliphatic carbocycles. The van der Waals surface area contributed by atoms with Gasteiger partial charge in [-0.3, -0.25) is 9.52 Å². The van der Waals surface area contributed by atoms with E-state index in [-0.39, 0.29) is 16.1 Å². The Balaban J connectivity index is 1.56. The molecule has 33 heavy (non-hydrogen) atoms. The molecule has 2 N–H and O–H groups in total. The number of carbonyl (C=O) groups is 2. The molecule has 6 nitrogen and oxygen atoms in total. The van der Waals surface area contributed by atoms with Gasteiger partial charge in [-0.05, 0) is 47.0 Å². The predicted molar refractivity (Wildman–Crippen MR) is 129 cm³/mol. The molecule has 0 heterocycles. The smallest absolute Gasteiger partial charge is 0.261 e. The standard InChI is InChI=1S/C26H22N2O4S/c29-18-22(16-19-8-2-1-3-9-19)27-26(30)24-12-6-7-13-25(24)28-33(31,32)23-15-14-20-10-4-5-11-21(20)17-23/h1-15,17-18,22,28H,16H2,(H,27,30). The number of hydrogen-bond acceptors (Lipinski definition) is 4. The molecule has 1 amide bonds. The summed E-state index contributed by atoms with van der Waals surface area (Å²) < 4.78 is 28.6. The van der Waals surface area contributed by atoms with Crippen LogP contribution in [0.4, 0.5) is 5.69 Å². The third kappa shape index (κ3) is 5.27. The van der Waals surface area contributed by atoms with Gasteiger partial charge in [-0.2, -0.15) is 0 Å². The lowest BCUT2D eigenvalue weighted by Gasteiger charge is -2.16. The summed E-state index contributed by atoms with van der Waals surface area (Å²) in [5.41, 5.74) is 1.16. The molecule has 0 radical (unpaired) electrons. The van der Waals surface area contributed by atoms with Crippen LogP contribution in [0.3, 0.4) is 0 Å². The van der Waals surface area contributed by atoms with Crippen LogP contribution in [0.2, 0.25) is 0 Å². The third-order valence-electron chi connectivity index (χ3n) is 5.23. The van der Waals surface area contributed by atoms with Crippen molar-refractivity contribution in [3.8, 4) is 0 Å². The number of nitrogens with one attached hydrogen (secondary N) is 2. The van der Waals surface area contributed by atoms with Crippen molar-refractivity contribution in [1.82, 2.24) is 5.32 Å². The Morgan fingerprint density at radius 3 is 2.24 bits per heavy atom. The van der Waals surface area contributed by atoms with E-state index in [4.69, 9.17) is 0 Å². The van der Waals surface area contributed by atoms with Crippen molar-refractivity contribution >= 4 is 38.7 Å². The van der Waals surface area contributed by atoms with E-state index in [1.807, 2.05) is 54.6 Å². The number of hydrogen-bond donors (Lipinski definition) is 2. The summed E-state index contributed by atoms with van der Waals surface area (Å²) in [4.78, 5) is 24.6. The monoisotopic (exact) mass is 458 g/mol. The molecule has 0 saturated carbocycles. The van der Waals surface area contributed by atoms with Gasteiger partial charge in [0.25, 0.3) is 15.9 Å². The van der Waals surface area contributed by atoms with Gasteiger partial charge in [-0.1, -0.05) is 72.8 Å². The Hall–Kier alpha value is -3.97. The van der Waals surface area contributed by atoms with Crippen molar-refractivity contribution in [2.75, 3.05) is 4.72 Å². The number of para-hydroxylation sites is 1. The Morgan fingerprint density at radius 1 is 0.818 bits per heavy atom. The van der Waals surface area contributed by atoms with E-state index in [0.717, 1.165) is 16.3 Å².